The van der Waals surface area contributed by atoms with E-state index in [0.29, 0.717) is 5.75 Å². The molecule has 1 N–H and O–H groups in total. The Balaban J connectivity index is 1.45. The molecule has 0 bridgehead atoms. The summed E-state index contributed by atoms with van der Waals surface area (Å²) in [5.41, 5.74) is 6.61. The molecule has 4 aromatic rings. The van der Waals surface area contributed by atoms with Gasteiger partial charge in [0.15, 0.2) is 0 Å². The summed E-state index contributed by atoms with van der Waals surface area (Å²) in [5.74, 6) is 1.07. The highest BCUT2D eigenvalue weighted by molar-refractivity contribution is 6.06. The van der Waals surface area contributed by atoms with Crippen LogP contribution in [0.3, 0.4) is 0 Å². The number of furan rings is 1. The van der Waals surface area contributed by atoms with E-state index >= 15 is 0 Å². The van der Waals surface area contributed by atoms with Crippen LogP contribution in [0.5, 0.6) is 5.75 Å². The Morgan fingerprint density at radius 3 is 2.61 bits per heavy atom. The monoisotopic (exact) mass is 410 g/mol. The molecule has 5 rings (SSSR count). The fourth-order valence-corrected chi connectivity index (χ4v) is 4.05. The zero-order chi connectivity index (χ0) is 21.2. The number of nitrogens with one attached hydrogen (secondary N) is 1. The molecule has 0 spiro atoms. The number of para-hydroxylation sites is 1. The maximum atomic E-state index is 13.0. The van der Waals surface area contributed by atoms with Crippen LogP contribution >= 0.6 is 0 Å². The maximum absolute atomic E-state index is 13.0. The molecule has 1 aliphatic carbocycles. The van der Waals surface area contributed by atoms with Crippen LogP contribution in [0.4, 0.5) is 5.69 Å². The number of carbonyl (C=O) groups is 1. The Hall–Kier alpha value is -3.86. The molecule has 1 heterocycles. The molecule has 0 saturated carbocycles. The molecule has 154 valence electrons. The molecule has 31 heavy (non-hydrogen) atoms. The fourth-order valence-electron chi connectivity index (χ4n) is 4.05. The first-order valence-electron chi connectivity index (χ1n) is 10.4. The van der Waals surface area contributed by atoms with Gasteiger partial charge >= 0.3 is 5.97 Å². The van der Waals surface area contributed by atoms with E-state index in [9.17, 15) is 4.79 Å². The van der Waals surface area contributed by atoms with Crippen LogP contribution in [0.15, 0.2) is 82.3 Å². The van der Waals surface area contributed by atoms with Crippen LogP contribution in [0.2, 0.25) is 0 Å². The van der Waals surface area contributed by atoms with Crippen molar-refractivity contribution in [2.24, 2.45) is 5.10 Å². The van der Waals surface area contributed by atoms with E-state index in [4.69, 9.17) is 9.15 Å². The number of rotatable bonds is 4. The summed E-state index contributed by atoms with van der Waals surface area (Å²) < 4.78 is 11.7. The number of aryl methyl sites for hydroxylation is 1. The molecule has 0 atom stereocenters. The second-order valence-electron chi connectivity index (χ2n) is 7.61. The topological polar surface area (TPSA) is 63.8 Å². The molecule has 0 saturated heterocycles. The van der Waals surface area contributed by atoms with E-state index in [2.05, 4.69) is 10.5 Å². The van der Waals surface area contributed by atoms with Crippen molar-refractivity contribution in [3.8, 4) is 5.75 Å². The van der Waals surface area contributed by atoms with Crippen molar-refractivity contribution in [3.05, 3.63) is 95.4 Å². The fraction of sp³-hybridized carbons (Fsp3) is 0.154. The highest BCUT2D eigenvalue weighted by atomic mass is 16.5. The molecular weight excluding hydrogens is 388 g/mol. The standard InChI is InChI=1S/C26H22N2O3/c1-17-24-21(28-27-19-11-3-2-4-12-19)14-8-16-23(24)30-25(17)26(29)31-22-15-7-10-18-9-5-6-13-20(18)22/h2-7,9-13,15,27H,8,14,16H2,1H3/b28-21+. The minimum atomic E-state index is -0.487. The summed E-state index contributed by atoms with van der Waals surface area (Å²) >= 11 is 0. The number of hydrogen-bond acceptors (Lipinski definition) is 5. The van der Waals surface area contributed by atoms with Gasteiger partial charge in [0.1, 0.15) is 11.5 Å². The lowest BCUT2D eigenvalue weighted by Gasteiger charge is -2.13. The third-order valence-electron chi connectivity index (χ3n) is 5.56. The molecule has 0 amide bonds. The van der Waals surface area contributed by atoms with Crippen LogP contribution in [0.25, 0.3) is 10.8 Å². The summed E-state index contributed by atoms with van der Waals surface area (Å²) in [6, 6.07) is 23.3. The van der Waals surface area contributed by atoms with E-state index in [1.165, 1.54) is 0 Å². The van der Waals surface area contributed by atoms with Gasteiger partial charge < -0.3 is 9.15 Å². The summed E-state index contributed by atoms with van der Waals surface area (Å²) in [6.07, 6.45) is 2.53. The summed E-state index contributed by atoms with van der Waals surface area (Å²) in [5, 5.41) is 6.52. The smallest absolute Gasteiger partial charge is 0.379 e. The summed E-state index contributed by atoms with van der Waals surface area (Å²) in [7, 11) is 0. The van der Waals surface area contributed by atoms with E-state index in [1.54, 1.807) is 6.07 Å². The van der Waals surface area contributed by atoms with Gasteiger partial charge in [0.2, 0.25) is 5.76 Å². The second kappa shape index (κ2) is 8.11. The predicted octanol–water partition coefficient (Wildman–Crippen LogP) is 6.11. The Morgan fingerprint density at radius 1 is 0.968 bits per heavy atom. The summed E-state index contributed by atoms with van der Waals surface area (Å²) in [6.45, 7) is 1.89. The van der Waals surface area contributed by atoms with Gasteiger partial charge in [-0.05, 0) is 43.4 Å². The molecule has 0 radical (unpaired) electrons. The zero-order valence-electron chi connectivity index (χ0n) is 17.2. The number of nitrogens with zero attached hydrogens (tertiary/aromatic N) is 1. The van der Waals surface area contributed by atoms with Gasteiger partial charge in [-0.3, -0.25) is 5.43 Å². The Kier molecular flexibility index (Phi) is 5.00. The normalized spacial score (nSPS) is 14.4. The highest BCUT2D eigenvalue weighted by Gasteiger charge is 2.29. The minimum Gasteiger partial charge on any atom is -0.453 e. The van der Waals surface area contributed by atoms with Crippen molar-refractivity contribution in [1.29, 1.82) is 0 Å². The van der Waals surface area contributed by atoms with Crippen molar-refractivity contribution in [2.45, 2.75) is 26.2 Å². The number of benzene rings is 3. The molecule has 1 aromatic heterocycles. The van der Waals surface area contributed by atoms with Crippen molar-refractivity contribution >= 4 is 28.1 Å². The number of esters is 1. The molecule has 3 aromatic carbocycles. The lowest BCUT2D eigenvalue weighted by molar-refractivity contribution is 0.0700. The predicted molar refractivity (Wildman–Crippen MR) is 122 cm³/mol. The van der Waals surface area contributed by atoms with Crippen molar-refractivity contribution in [2.75, 3.05) is 5.43 Å². The van der Waals surface area contributed by atoms with Gasteiger partial charge in [-0.1, -0.05) is 54.6 Å². The molecule has 0 aliphatic heterocycles. The van der Waals surface area contributed by atoms with Crippen molar-refractivity contribution < 1.29 is 13.9 Å². The molecule has 5 heteroatoms. The van der Waals surface area contributed by atoms with Crippen LogP contribution in [-0.2, 0) is 6.42 Å². The van der Waals surface area contributed by atoms with E-state index < -0.39 is 5.97 Å². The SMILES string of the molecule is Cc1c(C(=O)Oc2cccc3ccccc23)oc2c1/C(=N/Nc1ccccc1)CCC2. The molecule has 5 nitrogen and oxygen atoms in total. The number of carbonyl (C=O) groups excluding carboxylic acids is 1. The third-order valence-corrected chi connectivity index (χ3v) is 5.56. The Morgan fingerprint density at radius 2 is 1.74 bits per heavy atom. The molecule has 0 unspecified atom stereocenters. The number of ether oxygens (including phenoxy) is 1. The van der Waals surface area contributed by atoms with Gasteiger partial charge in [0.05, 0.1) is 11.4 Å². The van der Waals surface area contributed by atoms with Crippen LogP contribution in [0, 0.1) is 6.92 Å². The van der Waals surface area contributed by atoms with Gasteiger partial charge in [-0.15, -0.1) is 0 Å². The van der Waals surface area contributed by atoms with Crippen molar-refractivity contribution in [3.63, 3.8) is 0 Å². The molecular formula is C26H22N2O3. The molecule has 0 fully saturated rings. The van der Waals surface area contributed by atoms with Crippen molar-refractivity contribution in [1.82, 2.24) is 0 Å². The van der Waals surface area contributed by atoms with Crippen LogP contribution < -0.4 is 10.2 Å². The van der Waals surface area contributed by atoms with Gasteiger partial charge in [-0.25, -0.2) is 4.79 Å². The van der Waals surface area contributed by atoms with E-state index in [0.717, 1.165) is 58.3 Å². The first kappa shape index (κ1) is 19.1. The maximum Gasteiger partial charge on any atom is 0.379 e. The lowest BCUT2D eigenvalue weighted by atomic mass is 9.93. The number of anilines is 1. The quantitative estimate of drug-likeness (QED) is 0.250. The molecule has 1 aliphatic rings. The van der Waals surface area contributed by atoms with Gasteiger partial charge in [-0.2, -0.15) is 5.10 Å². The first-order chi connectivity index (χ1) is 15.2. The number of hydrazone groups is 1. The average molecular weight is 410 g/mol. The zero-order valence-corrected chi connectivity index (χ0v) is 17.2. The lowest BCUT2D eigenvalue weighted by Crippen LogP contribution is -2.13. The summed E-state index contributed by atoms with van der Waals surface area (Å²) in [4.78, 5) is 13.0. The Bertz CT molecular complexity index is 1280. The first-order valence-corrected chi connectivity index (χ1v) is 10.4. The Labute approximate surface area is 180 Å². The van der Waals surface area contributed by atoms with Crippen LogP contribution in [0.1, 0.15) is 40.3 Å². The minimum absolute atomic E-state index is 0.243. The largest absolute Gasteiger partial charge is 0.453 e. The van der Waals surface area contributed by atoms with Gasteiger partial charge in [0.25, 0.3) is 0 Å². The van der Waals surface area contributed by atoms with Crippen LogP contribution in [-0.4, -0.2) is 11.7 Å². The average Bonchev–Trinajstić information content (AvgIpc) is 3.16. The number of hydrogen-bond donors (Lipinski definition) is 1. The van der Waals surface area contributed by atoms with Gasteiger partial charge in [0, 0.05) is 22.9 Å². The highest BCUT2D eigenvalue weighted by Crippen LogP contribution is 2.32. The second-order valence-corrected chi connectivity index (χ2v) is 7.61. The van der Waals surface area contributed by atoms with E-state index in [-0.39, 0.29) is 5.76 Å². The van der Waals surface area contributed by atoms with E-state index in [1.807, 2.05) is 73.7 Å². The number of fused-ring (bicyclic) bond motifs is 2. The third kappa shape index (κ3) is 3.70.